The monoisotopic (exact) mass is 575 g/mol. The highest BCUT2D eigenvalue weighted by Crippen LogP contribution is 2.35. The minimum Gasteiger partial charge on any atom is -0.377 e. The van der Waals surface area contributed by atoms with Crippen molar-refractivity contribution in [2.45, 2.75) is 102 Å². The van der Waals surface area contributed by atoms with Gasteiger partial charge in [0.05, 0.1) is 17.1 Å². The topological polar surface area (TPSA) is 111 Å². The van der Waals surface area contributed by atoms with E-state index in [-0.39, 0.29) is 11.6 Å². The number of amides is 2. The fraction of sp³-hybridized carbons (Fsp3) is 0.545. The number of aromatic nitrogens is 2. The van der Waals surface area contributed by atoms with Crippen molar-refractivity contribution in [3.8, 4) is 0 Å². The average Bonchev–Trinajstić information content (AvgIpc) is 3.39. The summed E-state index contributed by atoms with van der Waals surface area (Å²) in [4.78, 5) is 43.1. The molecule has 9 nitrogen and oxygen atoms in total. The summed E-state index contributed by atoms with van der Waals surface area (Å²) >= 11 is 0. The number of carbonyl (C=O) groups is 2. The minimum absolute atomic E-state index is 0.157. The zero-order chi connectivity index (χ0) is 29.7. The van der Waals surface area contributed by atoms with Gasteiger partial charge in [0.25, 0.3) is 0 Å². The Balaban J connectivity index is 1.33. The number of aliphatic hydroxyl groups excluding tert-OH is 1. The second-order valence-corrected chi connectivity index (χ2v) is 12.7. The molecule has 3 aromatic rings. The van der Waals surface area contributed by atoms with Gasteiger partial charge < -0.3 is 14.9 Å². The number of pyridine rings is 1. The van der Waals surface area contributed by atoms with Crippen LogP contribution < -0.4 is 5.32 Å². The zero-order valence-corrected chi connectivity index (χ0v) is 25.1. The standard InChI is InChI=1S/C33H45N5O4/c1-33(2,3)37-20-18-23(19-21-37)26-22-34-27-16-17-28(35-29(26)27)36-32(41)38(25-14-10-5-4-6-11-15-25)42-31(40)30(39)24-12-8-7-9-13-24/h7-9,12-13,16-17,22-23,25,30,34,39H,4-6,10-11,14-15,18-21H2,1-3H3,(H,35,36,41). The second kappa shape index (κ2) is 13.3. The van der Waals surface area contributed by atoms with Gasteiger partial charge in [0, 0.05) is 11.7 Å². The molecule has 2 amide bonds. The number of nitrogens with one attached hydrogen (secondary N) is 2. The molecule has 42 heavy (non-hydrogen) atoms. The molecule has 1 unspecified atom stereocenters. The summed E-state index contributed by atoms with van der Waals surface area (Å²) in [6.45, 7) is 8.85. The highest BCUT2D eigenvalue weighted by Gasteiger charge is 2.32. The molecule has 0 radical (unpaired) electrons. The van der Waals surface area contributed by atoms with E-state index in [1.165, 1.54) is 12.0 Å². The summed E-state index contributed by atoms with van der Waals surface area (Å²) in [5.41, 5.74) is 3.53. The third-order valence-electron chi connectivity index (χ3n) is 8.80. The molecular weight excluding hydrogens is 530 g/mol. The van der Waals surface area contributed by atoms with E-state index in [1.54, 1.807) is 30.3 Å². The number of hydroxylamine groups is 2. The predicted molar refractivity (Wildman–Crippen MR) is 164 cm³/mol. The molecule has 1 aromatic carbocycles. The normalized spacial score (nSPS) is 18.7. The Labute approximate surface area is 248 Å². The van der Waals surface area contributed by atoms with Crippen LogP contribution in [0.25, 0.3) is 11.0 Å². The Morgan fingerprint density at radius 3 is 2.33 bits per heavy atom. The first-order chi connectivity index (χ1) is 20.2. The maximum atomic E-state index is 13.7. The Morgan fingerprint density at radius 2 is 1.67 bits per heavy atom. The largest absolute Gasteiger partial charge is 0.377 e. The molecule has 2 fully saturated rings. The van der Waals surface area contributed by atoms with Crippen LogP contribution in [0.15, 0.2) is 48.7 Å². The summed E-state index contributed by atoms with van der Waals surface area (Å²) in [5.74, 6) is -0.0880. The van der Waals surface area contributed by atoms with E-state index in [0.29, 0.717) is 17.3 Å². The molecule has 3 N–H and O–H groups in total. The van der Waals surface area contributed by atoms with E-state index >= 15 is 0 Å². The number of H-pyrrole nitrogens is 1. The molecule has 1 atom stereocenters. The summed E-state index contributed by atoms with van der Waals surface area (Å²) in [5, 5.41) is 14.7. The Kier molecular flexibility index (Phi) is 9.48. The van der Waals surface area contributed by atoms with E-state index in [1.807, 2.05) is 18.3 Å². The van der Waals surface area contributed by atoms with Gasteiger partial charge in [-0.1, -0.05) is 62.4 Å². The lowest BCUT2D eigenvalue weighted by Crippen LogP contribution is -2.45. The number of urea groups is 1. The number of fused-ring (bicyclic) bond motifs is 1. The molecule has 1 saturated heterocycles. The summed E-state index contributed by atoms with van der Waals surface area (Å²) in [6, 6.07) is 11.5. The lowest BCUT2D eigenvalue weighted by molar-refractivity contribution is -0.195. The van der Waals surface area contributed by atoms with Crippen LogP contribution in [0.4, 0.5) is 10.6 Å². The molecule has 2 aromatic heterocycles. The number of benzene rings is 1. The number of aromatic amines is 1. The van der Waals surface area contributed by atoms with Gasteiger partial charge in [0.15, 0.2) is 6.10 Å². The Morgan fingerprint density at radius 1 is 1.00 bits per heavy atom. The van der Waals surface area contributed by atoms with Crippen LogP contribution in [0, 0.1) is 0 Å². The second-order valence-electron chi connectivity index (χ2n) is 12.7. The molecule has 1 saturated carbocycles. The van der Waals surface area contributed by atoms with Gasteiger partial charge in [-0.25, -0.2) is 14.6 Å². The van der Waals surface area contributed by atoms with Crippen molar-refractivity contribution in [2.24, 2.45) is 0 Å². The van der Waals surface area contributed by atoms with Gasteiger partial charge in [-0.05, 0) is 88.7 Å². The number of anilines is 1. The van der Waals surface area contributed by atoms with Crippen LogP contribution >= 0.6 is 0 Å². The number of carbonyl (C=O) groups excluding carboxylic acids is 2. The quantitative estimate of drug-likeness (QED) is 0.293. The Bertz CT molecular complexity index is 1340. The van der Waals surface area contributed by atoms with E-state index < -0.39 is 18.1 Å². The fourth-order valence-corrected chi connectivity index (χ4v) is 6.30. The van der Waals surface area contributed by atoms with Gasteiger partial charge in [0.1, 0.15) is 5.82 Å². The van der Waals surface area contributed by atoms with Crippen molar-refractivity contribution in [1.82, 2.24) is 19.9 Å². The third-order valence-corrected chi connectivity index (χ3v) is 8.80. The number of hydrogen-bond donors (Lipinski definition) is 3. The zero-order valence-electron chi connectivity index (χ0n) is 25.1. The van der Waals surface area contributed by atoms with Crippen molar-refractivity contribution < 1.29 is 19.5 Å². The molecule has 5 rings (SSSR count). The van der Waals surface area contributed by atoms with Gasteiger partial charge >= 0.3 is 12.0 Å². The number of hydrogen-bond acceptors (Lipinski definition) is 6. The molecular formula is C33H45N5O4. The van der Waals surface area contributed by atoms with Crippen molar-refractivity contribution in [1.29, 1.82) is 0 Å². The molecule has 1 aliphatic carbocycles. The van der Waals surface area contributed by atoms with Crippen molar-refractivity contribution in [3.63, 3.8) is 0 Å². The molecule has 226 valence electrons. The highest BCUT2D eigenvalue weighted by molar-refractivity contribution is 5.91. The first-order valence-corrected chi connectivity index (χ1v) is 15.5. The number of nitrogens with zero attached hydrogens (tertiary/aromatic N) is 3. The predicted octanol–water partition coefficient (Wildman–Crippen LogP) is 6.68. The molecule has 3 heterocycles. The van der Waals surface area contributed by atoms with Crippen LogP contribution in [0.5, 0.6) is 0 Å². The Hall–Kier alpha value is -3.43. The van der Waals surface area contributed by atoms with Crippen LogP contribution in [-0.4, -0.2) is 61.7 Å². The van der Waals surface area contributed by atoms with E-state index in [9.17, 15) is 14.7 Å². The average molecular weight is 576 g/mol. The smallest absolute Gasteiger partial charge is 0.365 e. The van der Waals surface area contributed by atoms with E-state index in [4.69, 9.17) is 9.82 Å². The highest BCUT2D eigenvalue weighted by atomic mass is 16.7. The maximum Gasteiger partial charge on any atom is 0.365 e. The minimum atomic E-state index is -1.49. The first kappa shape index (κ1) is 30.0. The molecule has 0 bridgehead atoms. The van der Waals surface area contributed by atoms with Crippen molar-refractivity contribution in [2.75, 3.05) is 18.4 Å². The number of likely N-dealkylation sites (tertiary alicyclic amines) is 1. The molecule has 0 spiro atoms. The number of piperidine rings is 1. The van der Waals surface area contributed by atoms with Crippen molar-refractivity contribution >= 4 is 28.9 Å². The lowest BCUT2D eigenvalue weighted by Gasteiger charge is -2.40. The lowest BCUT2D eigenvalue weighted by atomic mass is 9.88. The summed E-state index contributed by atoms with van der Waals surface area (Å²) in [6.07, 6.45) is 9.33. The molecule has 2 aliphatic rings. The summed E-state index contributed by atoms with van der Waals surface area (Å²) in [7, 11) is 0. The SMILES string of the molecule is CC(C)(C)N1CCC(c2c[nH]c3ccc(NC(=O)N(OC(=O)C(O)c4ccccc4)C4CCCCCCC4)nc23)CC1. The van der Waals surface area contributed by atoms with E-state index in [2.05, 4.69) is 36.0 Å². The van der Waals surface area contributed by atoms with Crippen LogP contribution in [-0.2, 0) is 9.63 Å². The number of aliphatic hydroxyl groups is 1. The van der Waals surface area contributed by atoms with Gasteiger partial charge in [-0.3, -0.25) is 10.2 Å². The van der Waals surface area contributed by atoms with Crippen LogP contribution in [0.1, 0.15) is 102 Å². The summed E-state index contributed by atoms with van der Waals surface area (Å²) < 4.78 is 0. The number of rotatable bonds is 5. The first-order valence-electron chi connectivity index (χ1n) is 15.5. The van der Waals surface area contributed by atoms with Crippen LogP contribution in [0.3, 0.4) is 0 Å². The molecule has 1 aliphatic heterocycles. The van der Waals surface area contributed by atoms with Crippen molar-refractivity contribution in [3.05, 3.63) is 59.8 Å². The van der Waals surface area contributed by atoms with Gasteiger partial charge in [0.2, 0.25) is 0 Å². The van der Waals surface area contributed by atoms with Crippen LogP contribution in [0.2, 0.25) is 0 Å². The maximum absolute atomic E-state index is 13.7. The van der Waals surface area contributed by atoms with Gasteiger partial charge in [-0.2, -0.15) is 5.06 Å². The molecule has 9 heteroatoms. The third kappa shape index (κ3) is 7.13. The fourth-order valence-electron chi connectivity index (χ4n) is 6.30. The van der Waals surface area contributed by atoms with E-state index in [0.717, 1.165) is 80.6 Å². The van der Waals surface area contributed by atoms with Gasteiger partial charge in [-0.15, -0.1) is 0 Å².